The van der Waals surface area contributed by atoms with E-state index < -0.39 is 53.3 Å². The van der Waals surface area contributed by atoms with E-state index in [9.17, 15) is 19.2 Å². The quantitative estimate of drug-likeness (QED) is 0.128. The lowest BCUT2D eigenvalue weighted by molar-refractivity contribution is -0.205. The van der Waals surface area contributed by atoms with Gasteiger partial charge in [-0.15, -0.1) is 0 Å². The van der Waals surface area contributed by atoms with Gasteiger partial charge in [0, 0.05) is 0 Å². The van der Waals surface area contributed by atoms with Gasteiger partial charge in [0.1, 0.15) is 12.7 Å². The molecule has 5 rings (SSSR count). The standard InChI is InChI=1S/C34H27BrO9/c35-30-29(44-34(39)25-19-11-4-12-20-25)28(43-33(38)24-17-9-3-10-18-24)27(42-32(37)23-15-7-2-8-16-23)26(41-30)21-40-31(36)22-13-5-1-6-14-22/h1-20,26-30H,21H2/t26-,27-,28+,29-,30?/m1/s1. The first-order valence-corrected chi connectivity index (χ1v) is 14.6. The Morgan fingerprint density at radius 2 is 0.841 bits per heavy atom. The number of alkyl halides is 1. The fraction of sp³-hybridized carbons (Fsp3) is 0.176. The number of benzene rings is 4. The van der Waals surface area contributed by atoms with Crippen molar-refractivity contribution in [2.24, 2.45) is 0 Å². The summed E-state index contributed by atoms with van der Waals surface area (Å²) in [6.45, 7) is -0.374. The van der Waals surface area contributed by atoms with Crippen LogP contribution >= 0.6 is 15.9 Å². The minimum atomic E-state index is -1.37. The van der Waals surface area contributed by atoms with Crippen LogP contribution < -0.4 is 0 Å². The van der Waals surface area contributed by atoms with Crippen molar-refractivity contribution in [2.75, 3.05) is 6.61 Å². The van der Waals surface area contributed by atoms with Gasteiger partial charge in [0.05, 0.1) is 22.3 Å². The van der Waals surface area contributed by atoms with Crippen LogP contribution in [0.1, 0.15) is 41.4 Å². The van der Waals surface area contributed by atoms with Gasteiger partial charge in [-0.3, -0.25) is 0 Å². The van der Waals surface area contributed by atoms with E-state index in [1.54, 1.807) is 121 Å². The lowest BCUT2D eigenvalue weighted by Gasteiger charge is -2.43. The number of esters is 4. The van der Waals surface area contributed by atoms with Gasteiger partial charge in [-0.2, -0.15) is 0 Å². The average Bonchev–Trinajstić information content (AvgIpc) is 3.07. The first-order chi connectivity index (χ1) is 21.4. The average molecular weight is 659 g/mol. The summed E-state index contributed by atoms with van der Waals surface area (Å²) in [5, 5.41) is -1.05. The van der Waals surface area contributed by atoms with E-state index in [-0.39, 0.29) is 23.3 Å². The summed E-state index contributed by atoms with van der Waals surface area (Å²) in [6, 6.07) is 32.9. The van der Waals surface area contributed by atoms with Gasteiger partial charge >= 0.3 is 23.9 Å². The smallest absolute Gasteiger partial charge is 0.338 e. The summed E-state index contributed by atoms with van der Waals surface area (Å²) < 4.78 is 29.3. The van der Waals surface area contributed by atoms with E-state index in [1.165, 1.54) is 0 Å². The second-order valence-corrected chi connectivity index (χ2v) is 10.6. The Morgan fingerprint density at radius 1 is 0.500 bits per heavy atom. The van der Waals surface area contributed by atoms with Crippen LogP contribution in [0.15, 0.2) is 121 Å². The number of hydrogen-bond acceptors (Lipinski definition) is 9. The molecule has 0 saturated carbocycles. The van der Waals surface area contributed by atoms with E-state index in [2.05, 4.69) is 15.9 Å². The van der Waals surface area contributed by atoms with Gasteiger partial charge in [-0.25, -0.2) is 19.2 Å². The van der Waals surface area contributed by atoms with Crippen LogP contribution in [0.3, 0.4) is 0 Å². The highest BCUT2D eigenvalue weighted by atomic mass is 79.9. The number of carbonyl (C=O) groups excluding carboxylic acids is 4. The second-order valence-electron chi connectivity index (χ2n) is 9.70. The molecule has 10 heteroatoms. The van der Waals surface area contributed by atoms with E-state index in [1.807, 2.05) is 0 Å². The van der Waals surface area contributed by atoms with Crippen molar-refractivity contribution in [3.63, 3.8) is 0 Å². The molecule has 9 nitrogen and oxygen atoms in total. The third-order valence-corrected chi connectivity index (χ3v) is 7.46. The van der Waals surface area contributed by atoms with Gasteiger partial charge in [0.2, 0.25) is 0 Å². The van der Waals surface area contributed by atoms with Gasteiger partial charge in [-0.05, 0) is 48.5 Å². The lowest BCUT2D eigenvalue weighted by atomic mass is 9.99. The number of carbonyl (C=O) groups is 4. The Bertz CT molecular complexity index is 1570. The molecule has 1 heterocycles. The molecule has 44 heavy (non-hydrogen) atoms. The fourth-order valence-electron chi connectivity index (χ4n) is 4.51. The number of ether oxygens (including phenoxy) is 5. The predicted molar refractivity (Wildman–Crippen MR) is 161 cm³/mol. The summed E-state index contributed by atoms with van der Waals surface area (Å²) in [7, 11) is 0. The van der Waals surface area contributed by atoms with Crippen LogP contribution in [0.25, 0.3) is 0 Å². The highest BCUT2D eigenvalue weighted by Crippen LogP contribution is 2.33. The molecule has 4 aromatic rings. The maximum absolute atomic E-state index is 13.3. The summed E-state index contributed by atoms with van der Waals surface area (Å²) >= 11 is 3.40. The molecule has 0 bridgehead atoms. The first kappa shape index (κ1) is 30.7. The lowest BCUT2D eigenvalue weighted by Crippen LogP contribution is -2.61. The molecule has 0 radical (unpaired) electrons. The highest BCUT2D eigenvalue weighted by Gasteiger charge is 2.52. The topological polar surface area (TPSA) is 114 Å². The molecular weight excluding hydrogens is 632 g/mol. The van der Waals surface area contributed by atoms with Gasteiger partial charge < -0.3 is 23.7 Å². The van der Waals surface area contributed by atoms with Crippen LogP contribution in [0.2, 0.25) is 0 Å². The van der Waals surface area contributed by atoms with Crippen LogP contribution in [-0.2, 0) is 23.7 Å². The summed E-state index contributed by atoms with van der Waals surface area (Å²) in [6.07, 6.45) is -5.13. The molecule has 224 valence electrons. The molecule has 1 unspecified atom stereocenters. The maximum Gasteiger partial charge on any atom is 0.338 e. The molecule has 1 fully saturated rings. The number of halogens is 1. The third-order valence-electron chi connectivity index (χ3n) is 6.72. The minimum Gasteiger partial charge on any atom is -0.459 e. The highest BCUT2D eigenvalue weighted by molar-refractivity contribution is 9.09. The zero-order valence-corrected chi connectivity index (χ0v) is 24.8. The Morgan fingerprint density at radius 3 is 1.25 bits per heavy atom. The van der Waals surface area contributed by atoms with E-state index >= 15 is 0 Å². The molecule has 5 atom stereocenters. The largest absolute Gasteiger partial charge is 0.459 e. The molecule has 0 aliphatic carbocycles. The van der Waals surface area contributed by atoms with Crippen molar-refractivity contribution in [2.45, 2.75) is 29.4 Å². The Balaban J connectivity index is 1.48. The zero-order chi connectivity index (χ0) is 30.9. The molecular formula is C34H27BrO9. The molecule has 0 amide bonds. The molecule has 1 aliphatic rings. The van der Waals surface area contributed by atoms with Crippen molar-refractivity contribution >= 4 is 39.8 Å². The molecule has 4 aromatic carbocycles. The Hall–Kier alpha value is -4.80. The zero-order valence-electron chi connectivity index (χ0n) is 23.2. The number of hydrogen-bond donors (Lipinski definition) is 0. The van der Waals surface area contributed by atoms with Crippen molar-refractivity contribution < 1.29 is 42.9 Å². The fourth-order valence-corrected chi connectivity index (χ4v) is 5.20. The predicted octanol–water partition coefficient (Wildman–Crippen LogP) is 5.64. The van der Waals surface area contributed by atoms with E-state index in [0.29, 0.717) is 5.56 Å². The van der Waals surface area contributed by atoms with Crippen molar-refractivity contribution in [3.05, 3.63) is 144 Å². The molecule has 0 aromatic heterocycles. The van der Waals surface area contributed by atoms with Crippen molar-refractivity contribution in [1.29, 1.82) is 0 Å². The van der Waals surface area contributed by atoms with Crippen molar-refractivity contribution in [1.82, 2.24) is 0 Å². The van der Waals surface area contributed by atoms with E-state index in [4.69, 9.17) is 23.7 Å². The monoisotopic (exact) mass is 658 g/mol. The normalized spacial score (nSPS) is 21.0. The molecule has 1 saturated heterocycles. The summed E-state index contributed by atoms with van der Waals surface area (Å²) in [4.78, 5) is 52.6. The van der Waals surface area contributed by atoms with Crippen molar-refractivity contribution in [3.8, 4) is 0 Å². The summed E-state index contributed by atoms with van der Waals surface area (Å²) in [5.41, 5.74) is 0.994. The van der Waals surface area contributed by atoms with E-state index in [0.717, 1.165) is 0 Å². The van der Waals surface area contributed by atoms with Gasteiger partial charge in [0.15, 0.2) is 23.3 Å². The van der Waals surface area contributed by atoms with Crippen LogP contribution in [0.4, 0.5) is 0 Å². The molecule has 1 aliphatic heterocycles. The first-order valence-electron chi connectivity index (χ1n) is 13.7. The van der Waals surface area contributed by atoms with Crippen LogP contribution in [0, 0.1) is 0 Å². The van der Waals surface area contributed by atoms with Crippen LogP contribution in [0.5, 0.6) is 0 Å². The van der Waals surface area contributed by atoms with Crippen LogP contribution in [-0.4, -0.2) is 59.9 Å². The summed E-state index contributed by atoms with van der Waals surface area (Å²) in [5.74, 6) is -2.85. The number of rotatable bonds is 9. The Kier molecular flexibility index (Phi) is 10.2. The van der Waals surface area contributed by atoms with Gasteiger partial charge in [0.25, 0.3) is 0 Å². The molecule has 0 N–H and O–H groups in total. The SMILES string of the molecule is O=C(OC[C@H]1OC(Br)[C@H](OC(=O)c2ccccc2)[C@@H](OC(=O)c2ccccc2)[C@@H]1OC(=O)c1ccccc1)c1ccccc1. The maximum atomic E-state index is 13.3. The minimum absolute atomic E-state index is 0.221. The van der Waals surface area contributed by atoms with Gasteiger partial charge in [-0.1, -0.05) is 88.7 Å². The molecule has 0 spiro atoms. The Labute approximate surface area is 261 Å². The second kappa shape index (κ2) is 14.6. The third kappa shape index (κ3) is 7.58.